The largest absolute Gasteiger partial charge is 0.504 e. The van der Waals surface area contributed by atoms with E-state index in [1.807, 2.05) is 0 Å². The number of phenols is 2. The molecule has 4 N–H and O–H groups in total. The number of hydrogen-bond acceptors (Lipinski definition) is 19. The Morgan fingerprint density at radius 3 is 1.17 bits per heavy atom. The number of nitrogens with two attached hydrogens (primary N) is 1. The molecule has 25 nitrogen and oxygen atoms in total. The van der Waals surface area contributed by atoms with Crippen molar-refractivity contribution < 1.29 is 68.1 Å². The summed E-state index contributed by atoms with van der Waals surface area (Å²) in [5, 5.41) is 51.5. The summed E-state index contributed by atoms with van der Waals surface area (Å²) in [6.45, 7) is 11.6. The van der Waals surface area contributed by atoms with Crippen molar-refractivity contribution in [3.8, 4) is 23.0 Å². The van der Waals surface area contributed by atoms with Crippen LogP contribution in [0.25, 0.3) is 0 Å². The highest BCUT2D eigenvalue weighted by Crippen LogP contribution is 2.40. The van der Waals surface area contributed by atoms with Gasteiger partial charge in [-0.2, -0.15) is 12.9 Å². The van der Waals surface area contributed by atoms with Crippen LogP contribution >= 0.6 is 45.5 Å². The van der Waals surface area contributed by atoms with Gasteiger partial charge in [-0.05, 0) is 30.3 Å². The number of halogens is 4. The van der Waals surface area contributed by atoms with Crippen molar-refractivity contribution in [3.05, 3.63) is 100 Å². The van der Waals surface area contributed by atoms with Gasteiger partial charge in [0.15, 0.2) is 5.75 Å². The van der Waals surface area contributed by atoms with Crippen LogP contribution in [0, 0.1) is 30.3 Å². The average Bonchev–Trinajstić information content (AvgIpc) is 3.28. The molecule has 0 saturated carbocycles. The van der Waals surface area contributed by atoms with Crippen LogP contribution in [0.1, 0.15) is 41.5 Å². The maximum absolute atomic E-state index is 12.5. The molecule has 396 valence electrons. The van der Waals surface area contributed by atoms with Crippen molar-refractivity contribution in [3.63, 3.8) is 0 Å². The van der Waals surface area contributed by atoms with Crippen LogP contribution in [0.5, 0.6) is 23.0 Å². The summed E-state index contributed by atoms with van der Waals surface area (Å²) in [5.41, 5.74) is 3.75. The van der Waals surface area contributed by atoms with Crippen molar-refractivity contribution >= 4 is 107 Å². The lowest BCUT2D eigenvalue weighted by Gasteiger charge is -2.20. The zero-order chi connectivity index (χ0) is 55.1. The van der Waals surface area contributed by atoms with Crippen molar-refractivity contribution in [1.29, 1.82) is 0 Å². The molecule has 0 atom stereocenters. The molecule has 0 aliphatic carbocycles. The molecule has 0 amide bonds. The zero-order valence-corrected chi connectivity index (χ0v) is 45.1. The number of nitrogens with zero attached hydrogens (tertiary/aromatic N) is 6. The number of methoxy groups -OCH3 is 2. The molecule has 0 spiro atoms. The molecule has 0 fully saturated rings. The zero-order valence-electron chi connectivity index (χ0n) is 38.8. The van der Waals surface area contributed by atoms with E-state index >= 15 is 0 Å². The number of rotatable bonds is 18. The van der Waals surface area contributed by atoms with E-state index in [0.29, 0.717) is 13.1 Å². The molecule has 0 bridgehead atoms. The van der Waals surface area contributed by atoms with Crippen molar-refractivity contribution in [2.75, 3.05) is 59.2 Å². The molecule has 0 unspecified atom stereocenters. The quantitative estimate of drug-likeness (QED) is 0.0286. The van der Waals surface area contributed by atoms with Crippen LogP contribution < -0.4 is 15.2 Å². The normalized spacial score (nSPS) is 11.6. The van der Waals surface area contributed by atoms with E-state index in [1.54, 1.807) is 41.5 Å². The summed E-state index contributed by atoms with van der Waals surface area (Å²) < 4.78 is 109. The van der Waals surface area contributed by atoms with Gasteiger partial charge in [0.2, 0.25) is 47.3 Å². The fraction of sp³-hybridized carbons (Fsp3) is 0.368. The second-order valence-electron chi connectivity index (χ2n) is 13.4. The molecule has 0 aromatic heterocycles. The third-order valence-electron chi connectivity index (χ3n) is 9.28. The number of aromatic hydroxyl groups is 2. The van der Waals surface area contributed by atoms with E-state index in [2.05, 4.69) is 4.74 Å². The standard InChI is InChI=1S/C11H15ClN2O5S.C10H13ClN2O5S.C10H16N2O3S.C7H5Cl2NO5S/c1-4-13(5-2)20(17,18)10-7-8(12)6-9(14(15)16)11(10)19-3;1-3-12(4-2)19(17,18)9-6-7(11)5-8(10(9)14)13(15)16;1-3-12(4-2)16(14,15)9-7-5-6-8(11)10(9)13;1-15-7-5(10(11)12)2-4(8)3-6(7)16(9,13)14/h6-7H,4-5H2,1-3H3;5-6,14H,3-4H2,1-2H3;5-7,13H,3-4,11H2,1-2H3;2-3H,1H3. The van der Waals surface area contributed by atoms with E-state index in [4.69, 9.17) is 56.0 Å². The number of phenolic OH excluding ortho intramolecular Hbond substituents is 2. The molecule has 4 aromatic rings. The maximum atomic E-state index is 12.5. The number of benzene rings is 4. The van der Waals surface area contributed by atoms with E-state index in [0.717, 1.165) is 47.8 Å². The number of nitro groups is 3. The lowest BCUT2D eigenvalue weighted by atomic mass is 10.3. The van der Waals surface area contributed by atoms with E-state index < -0.39 is 92.2 Å². The topological polar surface area (TPSA) is 361 Å². The second-order valence-corrected chi connectivity index (χ2v) is 22.9. The number of para-hydroxylation sites is 1. The molecule has 0 saturated heterocycles. The number of anilines is 1. The molecule has 0 aliphatic rings. The van der Waals surface area contributed by atoms with Crippen LogP contribution in [-0.4, -0.2) is 125 Å². The molecular formula is C38H49Cl4N7O18S4. The first-order valence-corrected chi connectivity index (χ1v) is 27.8. The Hall–Kier alpha value is -5.08. The summed E-state index contributed by atoms with van der Waals surface area (Å²) >= 11 is 17.0. The first-order chi connectivity index (χ1) is 32.8. The highest BCUT2D eigenvalue weighted by atomic mass is 35.7. The molecule has 4 rings (SSSR count). The minimum absolute atomic E-state index is 0.0387. The minimum Gasteiger partial charge on any atom is -0.504 e. The smallest absolute Gasteiger partial charge is 0.313 e. The van der Waals surface area contributed by atoms with Gasteiger partial charge < -0.3 is 25.4 Å². The van der Waals surface area contributed by atoms with Gasteiger partial charge in [-0.1, -0.05) is 82.4 Å². The maximum Gasteiger partial charge on any atom is 0.313 e. The van der Waals surface area contributed by atoms with Crippen molar-refractivity contribution in [1.82, 2.24) is 12.9 Å². The number of nitro benzene ring substituents is 3. The monoisotopic (exact) mass is 1160 g/mol. The fourth-order valence-corrected chi connectivity index (χ4v) is 12.6. The minimum atomic E-state index is -4.17. The third-order valence-corrected chi connectivity index (χ3v) is 17.5. The Kier molecular flexibility index (Phi) is 24.4. The summed E-state index contributed by atoms with van der Waals surface area (Å²) in [7, 11) is -8.36. The Balaban J connectivity index is 0.000000475. The van der Waals surface area contributed by atoms with Crippen LogP contribution in [0.2, 0.25) is 15.1 Å². The number of ether oxygens (including phenoxy) is 2. The lowest BCUT2D eigenvalue weighted by molar-refractivity contribution is -0.386. The second kappa shape index (κ2) is 27.1. The van der Waals surface area contributed by atoms with Gasteiger partial charge in [-0.25, -0.2) is 33.7 Å². The average molecular weight is 1160 g/mol. The van der Waals surface area contributed by atoms with Crippen molar-refractivity contribution in [2.45, 2.75) is 61.1 Å². The van der Waals surface area contributed by atoms with E-state index in [-0.39, 0.29) is 68.2 Å². The highest BCUT2D eigenvalue weighted by Gasteiger charge is 2.33. The summed E-state index contributed by atoms with van der Waals surface area (Å²) in [4.78, 5) is 28.4. The Morgan fingerprint density at radius 1 is 0.521 bits per heavy atom. The van der Waals surface area contributed by atoms with Crippen molar-refractivity contribution in [2.24, 2.45) is 0 Å². The van der Waals surface area contributed by atoms with Crippen LogP contribution in [0.4, 0.5) is 22.7 Å². The number of hydrogen-bond donors (Lipinski definition) is 3. The lowest BCUT2D eigenvalue weighted by Crippen LogP contribution is -2.31. The van der Waals surface area contributed by atoms with E-state index in [1.165, 1.54) is 33.9 Å². The van der Waals surface area contributed by atoms with Gasteiger partial charge in [0.25, 0.3) is 9.05 Å². The van der Waals surface area contributed by atoms with Crippen LogP contribution in [0.15, 0.2) is 74.2 Å². The SMILES string of the molecule is CCN(CC)S(=O)(=O)c1cc(Cl)cc([N+](=O)[O-])c1O.CCN(CC)S(=O)(=O)c1cc(Cl)cc([N+](=O)[O-])c1OC.CCN(CC)S(=O)(=O)c1cccc(N)c1O.COc1c([N+](=O)[O-])cc(Cl)cc1S(=O)(=O)Cl. The first-order valence-electron chi connectivity index (χ1n) is 20.0. The number of nitrogen functional groups attached to an aromatic ring is 1. The molecule has 0 heterocycles. The predicted octanol–water partition coefficient (Wildman–Crippen LogP) is 7.46. The van der Waals surface area contributed by atoms with E-state index in [9.17, 15) is 74.2 Å². The predicted molar refractivity (Wildman–Crippen MR) is 265 cm³/mol. The van der Waals surface area contributed by atoms with Gasteiger partial charge in [0.1, 0.15) is 19.6 Å². The Labute approximate surface area is 429 Å². The van der Waals surface area contributed by atoms with Gasteiger partial charge in [-0.15, -0.1) is 0 Å². The van der Waals surface area contributed by atoms with Crippen LogP contribution in [-0.2, 0) is 39.1 Å². The van der Waals surface area contributed by atoms with Gasteiger partial charge in [-0.3, -0.25) is 30.3 Å². The first kappa shape index (κ1) is 63.9. The molecule has 33 heteroatoms. The summed E-state index contributed by atoms with van der Waals surface area (Å²) in [6.07, 6.45) is 0. The third kappa shape index (κ3) is 16.0. The molecule has 0 radical (unpaired) electrons. The number of sulfonamides is 3. The van der Waals surface area contributed by atoms with Gasteiger partial charge >= 0.3 is 17.1 Å². The molecule has 0 aliphatic heterocycles. The van der Waals surface area contributed by atoms with Crippen LogP contribution in [0.3, 0.4) is 0 Å². The fourth-order valence-electron chi connectivity index (χ4n) is 5.92. The molecular weight excluding hydrogens is 1110 g/mol. The summed E-state index contributed by atoms with van der Waals surface area (Å²) in [6, 6.07) is 10.4. The Morgan fingerprint density at radius 2 is 0.831 bits per heavy atom. The highest BCUT2D eigenvalue weighted by molar-refractivity contribution is 8.13. The molecule has 71 heavy (non-hydrogen) atoms. The Bertz CT molecular complexity index is 3030. The molecule has 4 aromatic carbocycles. The van der Waals surface area contributed by atoms with Gasteiger partial charge in [0.05, 0.1) is 34.7 Å². The summed E-state index contributed by atoms with van der Waals surface area (Å²) in [5.74, 6) is -2.04. The van der Waals surface area contributed by atoms with Gasteiger partial charge in [0, 0.05) is 83.2 Å².